The third-order valence-corrected chi connectivity index (χ3v) is 4.85. The molecule has 4 rings (SSSR count). The average molecular weight is 340 g/mol. The molecule has 0 aliphatic carbocycles. The number of carbonyl (C=O) groups is 1. The lowest BCUT2D eigenvalue weighted by Crippen LogP contribution is -2.39. The number of nitrogens with one attached hydrogen (secondary N) is 1. The maximum absolute atomic E-state index is 12.5. The van der Waals surface area contributed by atoms with Gasteiger partial charge in [0.1, 0.15) is 10.7 Å². The summed E-state index contributed by atoms with van der Waals surface area (Å²) in [7, 11) is 0. The van der Waals surface area contributed by atoms with Crippen LogP contribution in [0.5, 0.6) is 0 Å². The zero-order valence-corrected chi connectivity index (χ0v) is 13.7. The van der Waals surface area contributed by atoms with Gasteiger partial charge in [0.25, 0.3) is 5.91 Å². The van der Waals surface area contributed by atoms with Crippen LogP contribution >= 0.6 is 11.5 Å². The molecule has 1 aliphatic rings. The van der Waals surface area contributed by atoms with E-state index in [4.69, 9.17) is 0 Å². The Kier molecular flexibility index (Phi) is 4.04. The van der Waals surface area contributed by atoms with Gasteiger partial charge in [0.2, 0.25) is 0 Å². The van der Waals surface area contributed by atoms with Crippen molar-refractivity contribution in [3.05, 3.63) is 47.2 Å². The van der Waals surface area contributed by atoms with Crippen molar-refractivity contribution in [2.24, 2.45) is 0 Å². The van der Waals surface area contributed by atoms with Gasteiger partial charge in [0.05, 0.1) is 6.20 Å². The highest BCUT2D eigenvalue weighted by Gasteiger charge is 2.28. The van der Waals surface area contributed by atoms with Crippen LogP contribution in [-0.4, -0.2) is 48.7 Å². The summed E-state index contributed by atoms with van der Waals surface area (Å²) in [6.07, 6.45) is 3.47. The third kappa shape index (κ3) is 2.92. The molecule has 24 heavy (non-hydrogen) atoms. The maximum atomic E-state index is 12.5. The fraction of sp³-hybridized carbons (Fsp3) is 0.312. The first-order valence-electron chi connectivity index (χ1n) is 7.85. The first-order valence-corrected chi connectivity index (χ1v) is 8.63. The van der Waals surface area contributed by atoms with Crippen molar-refractivity contribution in [3.8, 4) is 11.4 Å². The van der Waals surface area contributed by atoms with E-state index in [9.17, 15) is 4.79 Å². The number of rotatable bonds is 3. The van der Waals surface area contributed by atoms with Crippen LogP contribution in [-0.2, 0) is 0 Å². The first kappa shape index (κ1) is 14.9. The Bertz CT molecular complexity index is 816. The van der Waals surface area contributed by atoms with Gasteiger partial charge in [-0.25, -0.2) is 4.98 Å². The Balaban J connectivity index is 1.50. The highest BCUT2D eigenvalue weighted by atomic mass is 32.1. The molecule has 1 aromatic carbocycles. The molecule has 7 nitrogen and oxygen atoms in total. The normalized spacial score (nSPS) is 17.8. The predicted molar refractivity (Wildman–Crippen MR) is 89.6 cm³/mol. The van der Waals surface area contributed by atoms with Gasteiger partial charge in [-0.2, -0.15) is 5.10 Å². The molecule has 3 heterocycles. The van der Waals surface area contributed by atoms with E-state index in [1.165, 1.54) is 6.20 Å². The van der Waals surface area contributed by atoms with Crippen LogP contribution in [0.25, 0.3) is 11.4 Å². The van der Waals surface area contributed by atoms with Crippen LogP contribution in [0.3, 0.4) is 0 Å². The summed E-state index contributed by atoms with van der Waals surface area (Å²) in [4.78, 5) is 19.5. The van der Waals surface area contributed by atoms with Gasteiger partial charge in [0.15, 0.2) is 5.82 Å². The smallest absolute Gasteiger partial charge is 0.267 e. The molecule has 1 atom stereocenters. The molecule has 0 radical (unpaired) electrons. The molecule has 3 aromatic rings. The van der Waals surface area contributed by atoms with Crippen LogP contribution in [0.4, 0.5) is 0 Å². The quantitative estimate of drug-likeness (QED) is 0.791. The van der Waals surface area contributed by atoms with E-state index in [0.717, 1.165) is 42.3 Å². The fourth-order valence-electron chi connectivity index (χ4n) is 2.98. The van der Waals surface area contributed by atoms with Gasteiger partial charge in [-0.15, -0.1) is 5.10 Å². The second-order valence-electron chi connectivity index (χ2n) is 5.78. The van der Waals surface area contributed by atoms with Crippen molar-refractivity contribution >= 4 is 17.4 Å². The predicted octanol–water partition coefficient (Wildman–Crippen LogP) is 2.34. The molecular weight excluding hydrogens is 324 g/mol. The van der Waals surface area contributed by atoms with Crippen molar-refractivity contribution in [2.75, 3.05) is 13.1 Å². The molecule has 1 unspecified atom stereocenters. The zero-order valence-electron chi connectivity index (χ0n) is 12.9. The first-order chi connectivity index (χ1) is 11.8. The van der Waals surface area contributed by atoms with E-state index in [0.29, 0.717) is 17.2 Å². The number of hydrogen-bond acceptors (Lipinski definition) is 6. The Hall–Kier alpha value is -2.61. The molecule has 1 N–H and O–H groups in total. The van der Waals surface area contributed by atoms with Crippen molar-refractivity contribution in [3.63, 3.8) is 0 Å². The Morgan fingerprint density at radius 1 is 1.29 bits per heavy atom. The standard InChI is InChI=1S/C16H16N6OS/c23-16(13-9-17-21-24-13)22-8-4-7-12(10-22)15-18-14(19-20-15)11-5-2-1-3-6-11/h1-3,5-6,9,12H,4,7-8,10H2,(H,18,19,20). The summed E-state index contributed by atoms with van der Waals surface area (Å²) >= 11 is 1.14. The number of piperidine rings is 1. The van der Waals surface area contributed by atoms with E-state index in [-0.39, 0.29) is 11.8 Å². The van der Waals surface area contributed by atoms with Gasteiger partial charge in [-0.05, 0) is 24.4 Å². The topological polar surface area (TPSA) is 87.7 Å². The number of nitrogens with zero attached hydrogens (tertiary/aromatic N) is 5. The molecule has 0 bridgehead atoms. The van der Waals surface area contributed by atoms with E-state index in [2.05, 4.69) is 24.8 Å². The number of aromatic amines is 1. The number of amides is 1. The Morgan fingerprint density at radius 3 is 2.96 bits per heavy atom. The van der Waals surface area contributed by atoms with E-state index in [1.807, 2.05) is 35.2 Å². The lowest BCUT2D eigenvalue weighted by molar-refractivity contribution is 0.0709. The second kappa shape index (κ2) is 6.48. The number of hydrogen-bond donors (Lipinski definition) is 1. The Labute approximate surface area is 142 Å². The summed E-state index contributed by atoms with van der Waals surface area (Å²) in [5.74, 6) is 1.71. The average Bonchev–Trinajstić information content (AvgIpc) is 3.34. The molecule has 0 spiro atoms. The SMILES string of the molecule is O=C(c1cnns1)N1CCCC(c2nc(-c3ccccc3)n[nH]2)C1. The second-order valence-corrected chi connectivity index (χ2v) is 6.57. The molecular formula is C16H16N6OS. The van der Waals surface area contributed by atoms with Gasteiger partial charge in [-0.3, -0.25) is 9.89 Å². The number of benzene rings is 1. The van der Waals surface area contributed by atoms with Crippen LogP contribution in [0, 0.1) is 0 Å². The minimum atomic E-state index is -0.00232. The highest BCUT2D eigenvalue weighted by Crippen LogP contribution is 2.27. The molecule has 1 amide bonds. The minimum absolute atomic E-state index is 0.00232. The van der Waals surface area contributed by atoms with Crippen molar-refractivity contribution in [2.45, 2.75) is 18.8 Å². The largest absolute Gasteiger partial charge is 0.337 e. The summed E-state index contributed by atoms with van der Waals surface area (Å²) in [6, 6.07) is 9.88. The van der Waals surface area contributed by atoms with Crippen molar-refractivity contribution in [1.82, 2.24) is 29.7 Å². The van der Waals surface area contributed by atoms with Crippen LogP contribution in [0.2, 0.25) is 0 Å². The van der Waals surface area contributed by atoms with E-state index < -0.39 is 0 Å². The number of likely N-dealkylation sites (tertiary alicyclic amines) is 1. The van der Waals surface area contributed by atoms with Crippen LogP contribution in [0.1, 0.15) is 34.3 Å². The van der Waals surface area contributed by atoms with Gasteiger partial charge < -0.3 is 4.90 Å². The summed E-state index contributed by atoms with van der Waals surface area (Å²) < 4.78 is 3.77. The zero-order chi connectivity index (χ0) is 16.4. The van der Waals surface area contributed by atoms with E-state index >= 15 is 0 Å². The monoisotopic (exact) mass is 340 g/mol. The molecule has 1 fully saturated rings. The molecule has 0 saturated carbocycles. The minimum Gasteiger partial charge on any atom is -0.337 e. The van der Waals surface area contributed by atoms with Gasteiger partial charge >= 0.3 is 0 Å². The highest BCUT2D eigenvalue weighted by molar-refractivity contribution is 7.07. The summed E-state index contributed by atoms with van der Waals surface area (Å²) in [6.45, 7) is 1.40. The lowest BCUT2D eigenvalue weighted by Gasteiger charge is -2.31. The number of H-pyrrole nitrogens is 1. The third-order valence-electron chi connectivity index (χ3n) is 4.20. The van der Waals surface area contributed by atoms with Crippen molar-refractivity contribution < 1.29 is 4.79 Å². The molecule has 122 valence electrons. The van der Waals surface area contributed by atoms with Gasteiger partial charge in [0, 0.05) is 24.6 Å². The Morgan fingerprint density at radius 2 is 2.17 bits per heavy atom. The number of aromatic nitrogens is 5. The van der Waals surface area contributed by atoms with E-state index in [1.54, 1.807) is 0 Å². The van der Waals surface area contributed by atoms with Crippen LogP contribution < -0.4 is 0 Å². The molecule has 1 aliphatic heterocycles. The molecule has 2 aromatic heterocycles. The van der Waals surface area contributed by atoms with Gasteiger partial charge in [-0.1, -0.05) is 34.8 Å². The molecule has 1 saturated heterocycles. The lowest BCUT2D eigenvalue weighted by atomic mass is 9.97. The molecule has 8 heteroatoms. The van der Waals surface area contributed by atoms with Crippen molar-refractivity contribution in [1.29, 1.82) is 0 Å². The number of carbonyl (C=O) groups excluding carboxylic acids is 1. The maximum Gasteiger partial charge on any atom is 0.267 e. The summed E-state index contributed by atoms with van der Waals surface area (Å²) in [5, 5.41) is 11.1. The van der Waals surface area contributed by atoms with Crippen LogP contribution in [0.15, 0.2) is 36.5 Å². The summed E-state index contributed by atoms with van der Waals surface area (Å²) in [5.41, 5.74) is 0.986. The fourth-order valence-corrected chi connectivity index (χ4v) is 3.46.